The molecule has 0 radical (unpaired) electrons. The van der Waals surface area contributed by atoms with Crippen molar-refractivity contribution < 1.29 is 23.4 Å². The minimum Gasteiger partial charge on any atom is -0.481 e. The molecule has 3 saturated heterocycles. The highest BCUT2D eigenvalue weighted by molar-refractivity contribution is 5.99. The molecule has 2 aromatic heterocycles. The molecular formula is C32H33F2N5O3. The second kappa shape index (κ2) is 10.7. The maximum absolute atomic E-state index is 16.5. The van der Waals surface area contributed by atoms with Gasteiger partial charge in [-0.1, -0.05) is 30.3 Å². The Morgan fingerprint density at radius 2 is 1.79 bits per heavy atom. The van der Waals surface area contributed by atoms with Gasteiger partial charge >= 0.3 is 12.0 Å². The number of anilines is 1. The first kappa shape index (κ1) is 26.9. The summed E-state index contributed by atoms with van der Waals surface area (Å²) in [5.41, 5.74) is 0.364. The lowest BCUT2D eigenvalue weighted by Gasteiger charge is -2.31. The predicted octanol–water partition coefficient (Wildman–Crippen LogP) is 5.82. The van der Waals surface area contributed by atoms with Crippen LogP contribution in [-0.4, -0.2) is 69.3 Å². The van der Waals surface area contributed by atoms with Gasteiger partial charge in [0.05, 0.1) is 16.8 Å². The lowest BCUT2D eigenvalue weighted by atomic mass is 9.95. The first-order chi connectivity index (χ1) is 20.4. The van der Waals surface area contributed by atoms with Crippen molar-refractivity contribution in [2.45, 2.75) is 50.5 Å². The Bertz CT molecular complexity index is 1670. The van der Waals surface area contributed by atoms with E-state index in [4.69, 9.17) is 9.72 Å². The van der Waals surface area contributed by atoms with Crippen molar-refractivity contribution in [3.8, 4) is 17.3 Å². The minimum atomic E-state index is -0.801. The number of aromatic nitrogens is 3. The molecule has 1 atom stereocenters. The zero-order valence-corrected chi connectivity index (χ0v) is 23.4. The molecule has 1 N–H and O–H groups in total. The van der Waals surface area contributed by atoms with Crippen molar-refractivity contribution in [3.63, 3.8) is 0 Å². The van der Waals surface area contributed by atoms with E-state index in [9.17, 15) is 14.3 Å². The van der Waals surface area contributed by atoms with Gasteiger partial charge in [0.15, 0.2) is 5.82 Å². The normalized spacial score (nSPS) is 20.6. The van der Waals surface area contributed by atoms with Crippen LogP contribution >= 0.6 is 0 Å². The standard InChI is InChI=1S/C32H33F2N5O3/c33-24-10-2-7-20-6-1-9-22(25(20)24)27-26(34)28-23(18-35-27)29(38-14-3-8-21(11-17-38)30(40)41)37-31(36-28)42-19-32-12-4-15-39(32)16-5-13-32/h1-2,6-7,9-10,18,21H,3-5,8,11-17,19H2,(H,40,41). The number of pyridine rings is 1. The van der Waals surface area contributed by atoms with E-state index in [1.165, 1.54) is 6.07 Å². The number of benzene rings is 2. The topological polar surface area (TPSA) is 91.7 Å². The van der Waals surface area contributed by atoms with Crippen LogP contribution in [0.2, 0.25) is 0 Å². The zero-order chi connectivity index (χ0) is 28.8. The fourth-order valence-corrected chi connectivity index (χ4v) is 7.22. The van der Waals surface area contributed by atoms with E-state index < -0.39 is 23.5 Å². The minimum absolute atomic E-state index is 0.00645. The summed E-state index contributed by atoms with van der Waals surface area (Å²) in [4.78, 5) is 30.0. The number of rotatable bonds is 6. The predicted molar refractivity (Wildman–Crippen MR) is 156 cm³/mol. The molecule has 0 saturated carbocycles. The maximum Gasteiger partial charge on any atom is 0.319 e. The maximum atomic E-state index is 16.5. The van der Waals surface area contributed by atoms with Gasteiger partial charge in [0, 0.05) is 30.2 Å². The van der Waals surface area contributed by atoms with Crippen molar-refractivity contribution in [1.82, 2.24) is 19.9 Å². The van der Waals surface area contributed by atoms with Gasteiger partial charge in [-0.25, -0.2) is 8.78 Å². The molecule has 5 heterocycles. The Morgan fingerprint density at radius 1 is 1.00 bits per heavy atom. The van der Waals surface area contributed by atoms with Crippen LogP contribution in [0.15, 0.2) is 42.6 Å². The zero-order valence-electron chi connectivity index (χ0n) is 23.4. The molecule has 1 unspecified atom stereocenters. The molecule has 10 heteroatoms. The highest BCUT2D eigenvalue weighted by Crippen LogP contribution is 2.40. The number of hydrogen-bond acceptors (Lipinski definition) is 7. The quantitative estimate of drug-likeness (QED) is 0.309. The van der Waals surface area contributed by atoms with Crippen LogP contribution < -0.4 is 9.64 Å². The number of carboxylic acids is 1. The molecule has 0 spiro atoms. The molecule has 2 aromatic carbocycles. The van der Waals surface area contributed by atoms with E-state index in [0.717, 1.165) is 38.8 Å². The molecule has 218 valence electrons. The summed E-state index contributed by atoms with van der Waals surface area (Å²) >= 11 is 0. The Balaban J connectivity index is 1.33. The fourth-order valence-electron chi connectivity index (χ4n) is 7.22. The van der Waals surface area contributed by atoms with Crippen molar-refractivity contribution in [1.29, 1.82) is 0 Å². The molecular weight excluding hydrogens is 540 g/mol. The Morgan fingerprint density at radius 3 is 2.57 bits per heavy atom. The summed E-state index contributed by atoms with van der Waals surface area (Å²) in [6.07, 6.45) is 7.57. The highest BCUT2D eigenvalue weighted by Gasteiger charge is 2.45. The highest BCUT2D eigenvalue weighted by atomic mass is 19.1. The van der Waals surface area contributed by atoms with Crippen LogP contribution in [-0.2, 0) is 4.79 Å². The summed E-state index contributed by atoms with van der Waals surface area (Å²) < 4.78 is 37.8. The summed E-state index contributed by atoms with van der Waals surface area (Å²) in [6, 6.07) is 10.1. The lowest BCUT2D eigenvalue weighted by Crippen LogP contribution is -2.43. The third-order valence-electron chi connectivity index (χ3n) is 9.41. The average molecular weight is 574 g/mol. The van der Waals surface area contributed by atoms with Gasteiger partial charge in [-0.3, -0.25) is 14.7 Å². The molecule has 8 nitrogen and oxygen atoms in total. The number of ether oxygens (including phenoxy) is 1. The van der Waals surface area contributed by atoms with E-state index in [1.54, 1.807) is 36.5 Å². The van der Waals surface area contributed by atoms with E-state index in [0.29, 0.717) is 66.5 Å². The lowest BCUT2D eigenvalue weighted by molar-refractivity contribution is -0.142. The van der Waals surface area contributed by atoms with Crippen LogP contribution in [0.25, 0.3) is 32.9 Å². The van der Waals surface area contributed by atoms with Gasteiger partial charge in [0.2, 0.25) is 0 Å². The second-order valence-electron chi connectivity index (χ2n) is 11.8. The second-order valence-corrected chi connectivity index (χ2v) is 11.8. The Hall–Kier alpha value is -3.92. The summed E-state index contributed by atoms with van der Waals surface area (Å²) in [5, 5.41) is 11.0. The monoisotopic (exact) mass is 573 g/mol. The van der Waals surface area contributed by atoms with Crippen molar-refractivity contribution in [3.05, 3.63) is 54.2 Å². The number of carbonyl (C=O) groups is 1. The third kappa shape index (κ3) is 4.62. The van der Waals surface area contributed by atoms with Crippen LogP contribution in [0.1, 0.15) is 44.9 Å². The van der Waals surface area contributed by atoms with Crippen LogP contribution in [0.4, 0.5) is 14.6 Å². The summed E-state index contributed by atoms with van der Waals surface area (Å²) in [7, 11) is 0. The van der Waals surface area contributed by atoms with E-state index in [2.05, 4.69) is 14.9 Å². The number of nitrogens with zero attached hydrogens (tertiary/aromatic N) is 5. The first-order valence-corrected chi connectivity index (χ1v) is 14.8. The number of aliphatic carboxylic acids is 1. The van der Waals surface area contributed by atoms with Crippen LogP contribution in [0.5, 0.6) is 6.01 Å². The summed E-state index contributed by atoms with van der Waals surface area (Å²) in [6.45, 7) is 3.56. The van der Waals surface area contributed by atoms with Crippen molar-refractivity contribution in [2.24, 2.45) is 5.92 Å². The number of carboxylic acid groups (broad SMARTS) is 1. The smallest absolute Gasteiger partial charge is 0.319 e. The van der Waals surface area contributed by atoms with Crippen molar-refractivity contribution in [2.75, 3.05) is 37.7 Å². The number of fused-ring (bicyclic) bond motifs is 3. The van der Waals surface area contributed by atoms with Gasteiger partial charge in [0.25, 0.3) is 0 Å². The Labute approximate surface area is 242 Å². The van der Waals surface area contributed by atoms with Gasteiger partial charge in [-0.05, 0) is 69.5 Å². The van der Waals surface area contributed by atoms with Crippen LogP contribution in [0, 0.1) is 17.6 Å². The van der Waals surface area contributed by atoms with E-state index >= 15 is 4.39 Å². The molecule has 3 aliphatic rings. The SMILES string of the molecule is O=C(O)C1CCCN(c2nc(OCC34CCCN3CCC4)nc3c(F)c(-c4cccc5cccc(F)c45)ncc23)CC1. The summed E-state index contributed by atoms with van der Waals surface area (Å²) in [5.74, 6) is -1.88. The number of hydrogen-bond donors (Lipinski definition) is 1. The van der Waals surface area contributed by atoms with Gasteiger partial charge < -0.3 is 14.7 Å². The van der Waals surface area contributed by atoms with E-state index in [1.807, 2.05) is 4.90 Å². The third-order valence-corrected chi connectivity index (χ3v) is 9.41. The molecule has 4 aromatic rings. The first-order valence-electron chi connectivity index (χ1n) is 14.8. The van der Waals surface area contributed by atoms with Crippen LogP contribution in [0.3, 0.4) is 0 Å². The molecule has 0 bridgehead atoms. The number of halogens is 2. The van der Waals surface area contributed by atoms with Gasteiger partial charge in [-0.15, -0.1) is 0 Å². The molecule has 42 heavy (non-hydrogen) atoms. The molecule has 0 aliphatic carbocycles. The van der Waals surface area contributed by atoms with Gasteiger partial charge in [0.1, 0.15) is 29.5 Å². The van der Waals surface area contributed by atoms with Crippen molar-refractivity contribution >= 4 is 33.5 Å². The molecule has 0 amide bonds. The molecule has 7 rings (SSSR count). The Kier molecular flexibility index (Phi) is 6.88. The molecule has 3 aliphatic heterocycles. The van der Waals surface area contributed by atoms with E-state index in [-0.39, 0.29) is 22.8 Å². The largest absolute Gasteiger partial charge is 0.481 e. The molecule has 3 fully saturated rings. The average Bonchev–Trinajstić information content (AvgIpc) is 3.47. The van der Waals surface area contributed by atoms with Gasteiger partial charge in [-0.2, -0.15) is 9.97 Å². The fraction of sp³-hybridized carbons (Fsp3) is 0.438.